The van der Waals surface area contributed by atoms with Crippen molar-refractivity contribution in [3.05, 3.63) is 27.8 Å². The van der Waals surface area contributed by atoms with Gasteiger partial charge in [-0.15, -0.1) is 0 Å². The number of benzene rings is 1. The molecule has 3 heteroatoms. The summed E-state index contributed by atoms with van der Waals surface area (Å²) in [6, 6.07) is 7.85. The van der Waals surface area contributed by atoms with Gasteiger partial charge < -0.3 is 4.90 Å². The van der Waals surface area contributed by atoms with Crippen LogP contribution in [-0.4, -0.2) is 13.0 Å². The van der Waals surface area contributed by atoms with Gasteiger partial charge in [0.05, 0.1) is 5.69 Å². The minimum atomic E-state index is -0.120. The molecule has 1 aromatic carbocycles. The van der Waals surface area contributed by atoms with Crippen molar-refractivity contribution in [2.75, 3.05) is 11.9 Å². The minimum absolute atomic E-state index is 0.120. The minimum Gasteiger partial charge on any atom is -0.304 e. The van der Waals surface area contributed by atoms with Gasteiger partial charge in [-0.05, 0) is 59.4 Å². The van der Waals surface area contributed by atoms with Crippen molar-refractivity contribution in [1.82, 2.24) is 0 Å². The van der Waals surface area contributed by atoms with Crippen LogP contribution in [0.1, 0.15) is 38.5 Å². The largest absolute Gasteiger partial charge is 0.304 e. The molecule has 2 nitrogen and oxygen atoms in total. The predicted molar refractivity (Wildman–Crippen MR) is 91.5 cm³/mol. The second-order valence-electron chi connectivity index (χ2n) is 5.33. The van der Waals surface area contributed by atoms with Crippen molar-refractivity contribution in [1.29, 1.82) is 0 Å². The molecular weight excluding hydrogens is 361 g/mol. The van der Waals surface area contributed by atoms with Gasteiger partial charge in [0.2, 0.25) is 0 Å². The summed E-state index contributed by atoms with van der Waals surface area (Å²) < 4.78 is 1.06. The number of para-hydroxylation sites is 1. The molecule has 0 bridgehead atoms. The van der Waals surface area contributed by atoms with Crippen LogP contribution in [0.15, 0.2) is 24.3 Å². The van der Waals surface area contributed by atoms with Gasteiger partial charge in [-0.25, -0.2) is 0 Å². The van der Waals surface area contributed by atoms with Crippen LogP contribution in [0.4, 0.5) is 5.69 Å². The number of hydrogen-bond acceptors (Lipinski definition) is 1. The fourth-order valence-corrected chi connectivity index (χ4v) is 3.33. The Balaban J connectivity index is 1.93. The molecule has 2 rings (SSSR count). The Kier molecular flexibility index (Phi) is 5.90. The highest BCUT2D eigenvalue weighted by atomic mass is 127. The van der Waals surface area contributed by atoms with Crippen LogP contribution in [0.5, 0.6) is 0 Å². The van der Waals surface area contributed by atoms with Crippen molar-refractivity contribution >= 4 is 34.2 Å². The average Bonchev–Trinajstić information content (AvgIpc) is 2.48. The second kappa shape index (κ2) is 7.68. The number of carbonyl (C=O) groups is 1. The standard InChI is InChI=1S/C17H20INO/c1-19(16-12-6-5-11-15(16)18)17(20)13-7-10-14-8-3-2-4-9-14/h5-6,11-12,14H,2-4,8-10H2,1H3. The van der Waals surface area contributed by atoms with E-state index in [9.17, 15) is 4.79 Å². The summed E-state index contributed by atoms with van der Waals surface area (Å²) in [5.74, 6) is 6.45. The molecule has 1 saturated carbocycles. The molecule has 0 aliphatic heterocycles. The highest BCUT2D eigenvalue weighted by molar-refractivity contribution is 14.1. The Morgan fingerprint density at radius 1 is 1.30 bits per heavy atom. The van der Waals surface area contributed by atoms with Gasteiger partial charge in [0.25, 0.3) is 0 Å². The van der Waals surface area contributed by atoms with Gasteiger partial charge in [0, 0.05) is 17.0 Å². The van der Waals surface area contributed by atoms with Crippen LogP contribution < -0.4 is 4.90 Å². The predicted octanol–water partition coefficient (Wildman–Crippen LogP) is 4.23. The van der Waals surface area contributed by atoms with Gasteiger partial charge in [-0.3, -0.25) is 4.79 Å². The van der Waals surface area contributed by atoms with Gasteiger partial charge in [-0.2, -0.15) is 0 Å². The quantitative estimate of drug-likeness (QED) is 0.555. The number of rotatable bonds is 2. The Labute approximate surface area is 135 Å². The number of anilines is 1. The molecule has 0 atom stereocenters. The average molecular weight is 381 g/mol. The molecule has 1 aliphatic carbocycles. The lowest BCUT2D eigenvalue weighted by atomic mass is 9.87. The second-order valence-corrected chi connectivity index (χ2v) is 6.49. The van der Waals surface area contributed by atoms with E-state index in [2.05, 4.69) is 34.4 Å². The molecule has 0 spiro atoms. The smallest absolute Gasteiger partial charge is 0.302 e. The zero-order valence-electron chi connectivity index (χ0n) is 11.9. The normalized spacial score (nSPS) is 15.3. The first-order valence-electron chi connectivity index (χ1n) is 7.19. The Morgan fingerprint density at radius 3 is 2.70 bits per heavy atom. The summed E-state index contributed by atoms with van der Waals surface area (Å²) in [6.45, 7) is 0. The third-order valence-corrected chi connectivity index (χ3v) is 4.74. The van der Waals surface area contributed by atoms with E-state index in [-0.39, 0.29) is 5.91 Å². The van der Waals surface area contributed by atoms with E-state index < -0.39 is 0 Å². The Bertz CT molecular complexity index is 523. The molecule has 106 valence electrons. The van der Waals surface area contributed by atoms with Crippen LogP contribution in [0.3, 0.4) is 0 Å². The molecule has 0 saturated heterocycles. The van der Waals surface area contributed by atoms with Crippen molar-refractivity contribution in [2.45, 2.75) is 38.5 Å². The zero-order valence-corrected chi connectivity index (χ0v) is 14.0. The molecule has 20 heavy (non-hydrogen) atoms. The van der Waals surface area contributed by atoms with Crippen LogP contribution in [0, 0.1) is 21.3 Å². The molecule has 0 aromatic heterocycles. The highest BCUT2D eigenvalue weighted by Gasteiger charge is 2.13. The molecule has 1 amide bonds. The fourth-order valence-electron chi connectivity index (χ4n) is 2.58. The first-order chi connectivity index (χ1) is 9.68. The van der Waals surface area contributed by atoms with Crippen LogP contribution in [0.2, 0.25) is 0 Å². The summed E-state index contributed by atoms with van der Waals surface area (Å²) >= 11 is 2.24. The number of carbonyl (C=O) groups excluding carboxylic acids is 1. The van der Waals surface area contributed by atoms with E-state index in [1.807, 2.05) is 24.3 Å². The number of halogens is 1. The topological polar surface area (TPSA) is 20.3 Å². The monoisotopic (exact) mass is 381 g/mol. The summed E-state index contributed by atoms with van der Waals surface area (Å²) in [5, 5.41) is 0. The zero-order chi connectivity index (χ0) is 14.4. The lowest BCUT2D eigenvalue weighted by Gasteiger charge is -2.19. The SMILES string of the molecule is CN(C(=O)C#CCC1CCCCC1)c1ccccc1I. The highest BCUT2D eigenvalue weighted by Crippen LogP contribution is 2.25. The molecule has 0 radical (unpaired) electrons. The van der Waals surface area contributed by atoms with E-state index in [4.69, 9.17) is 0 Å². The maximum atomic E-state index is 12.1. The molecule has 1 aromatic rings. The first-order valence-corrected chi connectivity index (χ1v) is 8.27. The number of amides is 1. The summed E-state index contributed by atoms with van der Waals surface area (Å²) in [5.41, 5.74) is 0.921. The molecule has 0 heterocycles. The fraction of sp³-hybridized carbons (Fsp3) is 0.471. The molecule has 1 aliphatic rings. The Hall–Kier alpha value is -1.02. The summed E-state index contributed by atoms with van der Waals surface area (Å²) in [7, 11) is 1.79. The third kappa shape index (κ3) is 4.24. The van der Waals surface area contributed by atoms with Crippen molar-refractivity contribution in [2.24, 2.45) is 5.92 Å². The van der Waals surface area contributed by atoms with Crippen molar-refractivity contribution < 1.29 is 4.79 Å². The maximum Gasteiger partial charge on any atom is 0.302 e. The summed E-state index contributed by atoms with van der Waals surface area (Å²) in [6.07, 6.45) is 7.42. The van der Waals surface area contributed by atoms with Gasteiger partial charge in [0.1, 0.15) is 0 Å². The Morgan fingerprint density at radius 2 is 2.00 bits per heavy atom. The van der Waals surface area contributed by atoms with E-state index >= 15 is 0 Å². The van der Waals surface area contributed by atoms with Crippen LogP contribution in [-0.2, 0) is 4.79 Å². The summed E-state index contributed by atoms with van der Waals surface area (Å²) in [4.78, 5) is 13.7. The maximum absolute atomic E-state index is 12.1. The van der Waals surface area contributed by atoms with E-state index in [0.717, 1.165) is 15.7 Å². The van der Waals surface area contributed by atoms with Gasteiger partial charge >= 0.3 is 5.91 Å². The van der Waals surface area contributed by atoms with E-state index in [0.29, 0.717) is 5.92 Å². The number of hydrogen-bond donors (Lipinski definition) is 0. The van der Waals surface area contributed by atoms with Crippen molar-refractivity contribution in [3.8, 4) is 11.8 Å². The lowest BCUT2D eigenvalue weighted by Crippen LogP contribution is -2.25. The van der Waals surface area contributed by atoms with Crippen molar-refractivity contribution in [3.63, 3.8) is 0 Å². The molecule has 0 unspecified atom stereocenters. The van der Waals surface area contributed by atoms with Gasteiger partial charge in [0.15, 0.2) is 0 Å². The lowest BCUT2D eigenvalue weighted by molar-refractivity contribution is -0.113. The molecule has 1 fully saturated rings. The molecule has 0 N–H and O–H groups in total. The van der Waals surface area contributed by atoms with E-state index in [1.54, 1.807) is 11.9 Å². The third-order valence-electron chi connectivity index (χ3n) is 3.83. The van der Waals surface area contributed by atoms with E-state index in [1.165, 1.54) is 32.1 Å². The number of nitrogens with zero attached hydrogens (tertiary/aromatic N) is 1. The van der Waals surface area contributed by atoms with Crippen LogP contribution in [0.25, 0.3) is 0 Å². The van der Waals surface area contributed by atoms with Crippen LogP contribution >= 0.6 is 22.6 Å². The van der Waals surface area contributed by atoms with Gasteiger partial charge in [-0.1, -0.05) is 37.3 Å². The molecular formula is C17H20INO. The first kappa shape index (κ1) is 15.4.